The number of halogens is 2. The fourth-order valence-electron chi connectivity index (χ4n) is 3.90. The van der Waals surface area contributed by atoms with Crippen molar-refractivity contribution >= 4 is 11.9 Å². The number of benzene rings is 1. The fourth-order valence-corrected chi connectivity index (χ4v) is 3.90. The van der Waals surface area contributed by atoms with Gasteiger partial charge in [-0.2, -0.15) is 5.26 Å². The molecule has 138 valence electrons. The Kier molecular flexibility index (Phi) is 4.26. The molecule has 26 heavy (non-hydrogen) atoms. The number of ketones is 1. The van der Waals surface area contributed by atoms with Crippen LogP contribution in [0.25, 0.3) is 0 Å². The quantitative estimate of drug-likeness (QED) is 0.827. The van der Waals surface area contributed by atoms with Crippen LogP contribution < -0.4 is 0 Å². The van der Waals surface area contributed by atoms with Crippen LogP contribution in [-0.2, 0) is 14.9 Å². The van der Waals surface area contributed by atoms with Crippen molar-refractivity contribution in [2.24, 2.45) is 5.92 Å². The van der Waals surface area contributed by atoms with E-state index in [-0.39, 0.29) is 24.4 Å². The number of piperidine rings is 1. The van der Waals surface area contributed by atoms with Gasteiger partial charge in [0, 0.05) is 12.0 Å². The lowest BCUT2D eigenvalue weighted by atomic mass is 9.93. The highest BCUT2D eigenvalue weighted by Crippen LogP contribution is 2.62. The molecular weight excluding hydrogens is 342 g/mol. The van der Waals surface area contributed by atoms with Crippen LogP contribution in [0.2, 0.25) is 0 Å². The summed E-state index contributed by atoms with van der Waals surface area (Å²) in [6.07, 6.45) is -0.561. The number of nitrogens with zero attached hydrogens (tertiary/aromatic N) is 2. The topological polar surface area (TPSA) is 70.4 Å². The number of carbonyl (C=O) groups excluding carboxylic acids is 2. The number of likely N-dealkylation sites (tertiary alicyclic amines) is 1. The molecule has 0 N–H and O–H groups in total. The number of carbonyl (C=O) groups is 2. The van der Waals surface area contributed by atoms with Gasteiger partial charge in [0.1, 0.15) is 17.2 Å². The summed E-state index contributed by atoms with van der Waals surface area (Å²) in [6, 6.07) is 4.16. The van der Waals surface area contributed by atoms with Gasteiger partial charge in [0.05, 0.1) is 18.5 Å². The predicted octanol–water partition coefficient (Wildman–Crippen LogP) is 3.32. The maximum atomic E-state index is 14.3. The maximum absolute atomic E-state index is 14.3. The van der Waals surface area contributed by atoms with Crippen LogP contribution in [0.4, 0.5) is 13.6 Å². The third-order valence-electron chi connectivity index (χ3n) is 4.98. The molecule has 0 unspecified atom stereocenters. The fraction of sp³-hybridized carbons (Fsp3) is 0.526. The minimum atomic E-state index is -0.854. The van der Waals surface area contributed by atoms with Gasteiger partial charge < -0.3 is 4.74 Å². The molecule has 0 radical (unpaired) electrons. The molecule has 2 fully saturated rings. The number of fused-ring (bicyclic) bond motifs is 1. The lowest BCUT2D eigenvalue weighted by Crippen LogP contribution is -2.46. The molecule has 3 atom stereocenters. The number of amides is 1. The Bertz CT molecular complexity index is 812. The molecule has 1 saturated carbocycles. The zero-order valence-electron chi connectivity index (χ0n) is 14.9. The van der Waals surface area contributed by atoms with Gasteiger partial charge in [-0.05, 0) is 56.9 Å². The number of hydrogen-bond donors (Lipinski definition) is 0. The largest absolute Gasteiger partial charge is 0.444 e. The van der Waals surface area contributed by atoms with E-state index in [9.17, 15) is 18.4 Å². The van der Waals surface area contributed by atoms with Crippen LogP contribution in [0, 0.1) is 28.9 Å². The summed E-state index contributed by atoms with van der Waals surface area (Å²) < 4.78 is 33.4. The molecule has 7 heteroatoms. The second kappa shape index (κ2) is 6.04. The Labute approximate surface area is 150 Å². The zero-order chi connectivity index (χ0) is 19.3. The average molecular weight is 362 g/mol. The lowest BCUT2D eigenvalue weighted by Gasteiger charge is -2.30. The molecule has 1 aliphatic carbocycles. The van der Waals surface area contributed by atoms with Crippen molar-refractivity contribution < 1.29 is 23.1 Å². The Balaban J connectivity index is 1.96. The molecule has 0 spiro atoms. The highest BCUT2D eigenvalue weighted by molar-refractivity contribution is 5.91. The minimum absolute atomic E-state index is 0.0643. The summed E-state index contributed by atoms with van der Waals surface area (Å²) in [7, 11) is 0. The summed E-state index contributed by atoms with van der Waals surface area (Å²) in [5, 5.41) is 8.85. The van der Waals surface area contributed by atoms with E-state index in [4.69, 9.17) is 10.00 Å². The van der Waals surface area contributed by atoms with Crippen molar-refractivity contribution in [2.75, 3.05) is 6.54 Å². The van der Waals surface area contributed by atoms with Crippen molar-refractivity contribution in [1.29, 1.82) is 5.26 Å². The molecule has 5 nitrogen and oxygen atoms in total. The van der Waals surface area contributed by atoms with Gasteiger partial charge in [0.15, 0.2) is 5.78 Å². The van der Waals surface area contributed by atoms with Crippen molar-refractivity contribution in [3.8, 4) is 6.07 Å². The van der Waals surface area contributed by atoms with Crippen LogP contribution in [0.5, 0.6) is 0 Å². The highest BCUT2D eigenvalue weighted by atomic mass is 19.1. The second-order valence-corrected chi connectivity index (χ2v) is 7.95. The van der Waals surface area contributed by atoms with Crippen LogP contribution in [0.1, 0.15) is 39.2 Å². The Hall–Kier alpha value is -2.49. The molecule has 1 aromatic carbocycles. The molecular formula is C19H20F2N2O3. The molecule has 1 aliphatic heterocycles. The smallest absolute Gasteiger partial charge is 0.410 e. The normalized spacial score (nSPS) is 26.8. The van der Waals surface area contributed by atoms with Crippen molar-refractivity contribution in [3.63, 3.8) is 0 Å². The van der Waals surface area contributed by atoms with Gasteiger partial charge in [-0.15, -0.1) is 0 Å². The number of ether oxygens (including phenoxy) is 1. The maximum Gasteiger partial charge on any atom is 0.410 e. The van der Waals surface area contributed by atoms with E-state index < -0.39 is 40.6 Å². The molecule has 3 rings (SSSR count). The minimum Gasteiger partial charge on any atom is -0.444 e. The second-order valence-electron chi connectivity index (χ2n) is 7.95. The highest BCUT2D eigenvalue weighted by Gasteiger charge is 2.69. The van der Waals surface area contributed by atoms with Gasteiger partial charge >= 0.3 is 6.09 Å². The van der Waals surface area contributed by atoms with E-state index in [2.05, 4.69) is 0 Å². The van der Waals surface area contributed by atoms with E-state index in [1.807, 2.05) is 0 Å². The molecule has 2 aliphatic rings. The Morgan fingerprint density at radius 2 is 2.08 bits per heavy atom. The summed E-state index contributed by atoms with van der Waals surface area (Å²) in [4.78, 5) is 26.3. The molecule has 0 aromatic heterocycles. The Morgan fingerprint density at radius 1 is 1.38 bits per heavy atom. The van der Waals surface area contributed by atoms with Gasteiger partial charge in [-0.1, -0.05) is 0 Å². The number of hydrogen-bond acceptors (Lipinski definition) is 4. The summed E-state index contributed by atoms with van der Waals surface area (Å²) in [5.74, 6) is -1.88. The van der Waals surface area contributed by atoms with Crippen molar-refractivity contribution in [1.82, 2.24) is 4.90 Å². The van der Waals surface area contributed by atoms with E-state index >= 15 is 0 Å². The first-order chi connectivity index (χ1) is 12.1. The molecule has 1 heterocycles. The van der Waals surface area contributed by atoms with Gasteiger partial charge in [0.25, 0.3) is 0 Å². The van der Waals surface area contributed by atoms with Crippen LogP contribution in [-0.4, -0.2) is 35.0 Å². The molecule has 1 amide bonds. The third kappa shape index (κ3) is 3.05. The van der Waals surface area contributed by atoms with E-state index in [0.29, 0.717) is 6.42 Å². The lowest BCUT2D eigenvalue weighted by molar-refractivity contribution is -0.123. The van der Waals surface area contributed by atoms with E-state index in [1.165, 1.54) is 4.90 Å². The van der Waals surface area contributed by atoms with Crippen LogP contribution in [0.15, 0.2) is 18.2 Å². The van der Waals surface area contributed by atoms with Crippen LogP contribution >= 0.6 is 0 Å². The summed E-state index contributed by atoms with van der Waals surface area (Å²) >= 11 is 0. The number of rotatable bonds is 3. The predicted molar refractivity (Wildman–Crippen MR) is 88.1 cm³/mol. The first-order valence-electron chi connectivity index (χ1n) is 8.44. The van der Waals surface area contributed by atoms with Crippen molar-refractivity contribution in [3.05, 3.63) is 35.4 Å². The zero-order valence-corrected chi connectivity index (χ0v) is 14.9. The molecule has 0 bridgehead atoms. The van der Waals surface area contributed by atoms with Gasteiger partial charge in [-0.25, -0.2) is 13.6 Å². The van der Waals surface area contributed by atoms with Gasteiger partial charge in [0.2, 0.25) is 0 Å². The monoisotopic (exact) mass is 362 g/mol. The summed E-state index contributed by atoms with van der Waals surface area (Å²) in [5.41, 5.74) is -1.40. The molecule has 1 saturated heterocycles. The molecule has 1 aromatic rings. The average Bonchev–Trinajstić information content (AvgIpc) is 3.14. The summed E-state index contributed by atoms with van der Waals surface area (Å²) in [6.45, 7) is 5.18. The SMILES string of the molecule is CC(C)(C)OC(=O)N1C[C@]2(c3cc(F)ccc3F)C[C@H]2[C@@H]1C(=O)CC#N. The van der Waals surface area contributed by atoms with Crippen LogP contribution in [0.3, 0.4) is 0 Å². The third-order valence-corrected chi connectivity index (χ3v) is 4.98. The van der Waals surface area contributed by atoms with E-state index in [0.717, 1.165) is 18.2 Å². The number of Topliss-reactive ketones (excluding diaryl/α,β-unsaturated/α-hetero) is 1. The Morgan fingerprint density at radius 3 is 2.69 bits per heavy atom. The first kappa shape index (κ1) is 18.3. The van der Waals surface area contributed by atoms with E-state index in [1.54, 1.807) is 26.8 Å². The van der Waals surface area contributed by atoms with Gasteiger partial charge in [-0.3, -0.25) is 9.69 Å². The first-order valence-corrected chi connectivity index (χ1v) is 8.44. The van der Waals surface area contributed by atoms with Crippen molar-refractivity contribution in [2.45, 2.75) is 50.7 Å². The standard InChI is InChI=1S/C19H20F2N2O3/c1-18(2,3)26-17(25)23-10-19(12-8-11(20)4-5-14(12)21)9-13(19)16(23)15(24)6-7-22/h4-5,8,13,16H,6,9-10H2,1-3H3/t13-,16+,19-/m0/s1. The number of nitriles is 1.